The Kier molecular flexibility index (Phi) is 14.7. The second kappa shape index (κ2) is 25.2. The summed E-state index contributed by atoms with van der Waals surface area (Å²) in [5, 5.41) is 14.8. The summed E-state index contributed by atoms with van der Waals surface area (Å²) in [4.78, 5) is 29.6. The fourth-order valence-electron chi connectivity index (χ4n) is 14.8. The van der Waals surface area contributed by atoms with Crippen molar-refractivity contribution in [2.75, 3.05) is 0 Å². The van der Waals surface area contributed by atoms with E-state index in [2.05, 4.69) is 252 Å². The van der Waals surface area contributed by atoms with Gasteiger partial charge in [0.2, 0.25) is 0 Å². The lowest BCUT2D eigenvalue weighted by Gasteiger charge is -2.12. The van der Waals surface area contributed by atoms with Crippen molar-refractivity contribution in [3.63, 3.8) is 0 Å². The third-order valence-electron chi connectivity index (χ3n) is 19.7. The molecule has 8 nitrogen and oxygen atoms in total. The molecule has 0 fully saturated rings. The first-order chi connectivity index (χ1) is 50.6. The van der Waals surface area contributed by atoms with Gasteiger partial charge in [0.05, 0.1) is 33.4 Å². The Morgan fingerprint density at radius 3 is 0.863 bits per heavy atom. The molecule has 0 saturated heterocycles. The van der Waals surface area contributed by atoms with Crippen molar-refractivity contribution in [1.82, 2.24) is 39.0 Å². The molecule has 0 atom stereocenters. The van der Waals surface area contributed by atoms with Gasteiger partial charge in [-0.05, 0) is 109 Å². The number of fused-ring (bicyclic) bond motifs is 12. The van der Waals surface area contributed by atoms with Gasteiger partial charge in [0.1, 0.15) is 0 Å². The molecule has 20 aromatic rings. The van der Waals surface area contributed by atoms with Crippen molar-refractivity contribution in [1.29, 1.82) is 0 Å². The third kappa shape index (κ3) is 10.7. The van der Waals surface area contributed by atoms with E-state index in [1.165, 1.54) is 98.1 Å². The minimum absolute atomic E-state index is 0.644. The van der Waals surface area contributed by atoms with Gasteiger partial charge >= 0.3 is 0 Å². The maximum Gasteiger partial charge on any atom is 0.164 e. The Morgan fingerprint density at radius 2 is 0.431 bits per heavy atom. The zero-order valence-corrected chi connectivity index (χ0v) is 55.2. The van der Waals surface area contributed by atoms with E-state index >= 15 is 0 Å². The summed E-state index contributed by atoms with van der Waals surface area (Å²) >= 11 is 0. The third-order valence-corrected chi connectivity index (χ3v) is 19.7. The quantitative estimate of drug-likeness (QED) is 0.136. The predicted molar refractivity (Wildman–Crippen MR) is 422 cm³/mol. The molecule has 0 aliphatic rings. The molecule has 4 aromatic heterocycles. The van der Waals surface area contributed by atoms with E-state index in [0.29, 0.717) is 34.9 Å². The number of aromatic nitrogens is 8. The van der Waals surface area contributed by atoms with Crippen LogP contribution in [-0.4, -0.2) is 39.0 Å². The topological polar surface area (TPSA) is 87.2 Å². The number of hydrogen-bond donors (Lipinski definition) is 0. The average Bonchev–Trinajstić information content (AvgIpc) is 1.57. The maximum absolute atomic E-state index is 4.99. The highest BCUT2D eigenvalue weighted by molar-refractivity contribution is 6.24. The highest BCUT2D eigenvalue weighted by atomic mass is 15.0. The van der Waals surface area contributed by atoms with Crippen LogP contribution in [0.3, 0.4) is 0 Å². The lowest BCUT2D eigenvalue weighted by molar-refractivity contribution is 1.07. The molecule has 0 N–H and O–H groups in total. The molecule has 0 bridgehead atoms. The minimum Gasteiger partial charge on any atom is -0.309 e. The molecule has 0 spiro atoms. The van der Waals surface area contributed by atoms with Gasteiger partial charge in [0.25, 0.3) is 0 Å². The predicted octanol–water partition coefficient (Wildman–Crippen LogP) is 23.9. The first-order valence-electron chi connectivity index (χ1n) is 34.4. The van der Waals surface area contributed by atoms with Crippen molar-refractivity contribution in [3.8, 4) is 102 Å². The van der Waals surface area contributed by atoms with Crippen molar-refractivity contribution in [3.05, 3.63) is 364 Å². The molecule has 0 amide bonds. The van der Waals surface area contributed by atoms with Crippen LogP contribution in [0.2, 0.25) is 0 Å². The zero-order valence-electron chi connectivity index (χ0n) is 55.2. The van der Waals surface area contributed by atoms with Crippen LogP contribution in [0.5, 0.6) is 0 Å². The van der Waals surface area contributed by atoms with Crippen LogP contribution in [0.15, 0.2) is 364 Å². The molecular formula is C94H60N8. The van der Waals surface area contributed by atoms with E-state index < -0.39 is 0 Å². The number of benzene rings is 16. The van der Waals surface area contributed by atoms with Crippen LogP contribution < -0.4 is 0 Å². The number of nitrogens with zero attached hydrogens (tertiary/aromatic N) is 8. The number of hydrogen-bond acceptors (Lipinski definition) is 6. The fourth-order valence-corrected chi connectivity index (χ4v) is 14.8. The lowest BCUT2D eigenvalue weighted by atomic mass is 9.97. The molecular weight excluding hydrogens is 1240 g/mol. The summed E-state index contributed by atoms with van der Waals surface area (Å²) in [6, 6.07) is 128. The molecule has 4 heterocycles. The van der Waals surface area contributed by atoms with Gasteiger partial charge in [-0.1, -0.05) is 309 Å². The van der Waals surface area contributed by atoms with Gasteiger partial charge in [0, 0.05) is 65.7 Å². The van der Waals surface area contributed by atoms with E-state index in [1.807, 2.05) is 121 Å². The molecule has 0 aliphatic heterocycles. The summed E-state index contributed by atoms with van der Waals surface area (Å²) in [5.41, 5.74) is 17.4. The highest BCUT2D eigenvalue weighted by Crippen LogP contribution is 2.43. The van der Waals surface area contributed by atoms with Crippen molar-refractivity contribution in [2.24, 2.45) is 0 Å². The number of para-hydroxylation sites is 2. The van der Waals surface area contributed by atoms with Crippen molar-refractivity contribution < 1.29 is 0 Å². The van der Waals surface area contributed by atoms with Crippen LogP contribution >= 0.6 is 0 Å². The smallest absolute Gasteiger partial charge is 0.164 e. The van der Waals surface area contributed by atoms with Gasteiger partial charge in [-0.3, -0.25) is 0 Å². The fraction of sp³-hybridized carbons (Fsp3) is 0. The molecule has 476 valence electrons. The van der Waals surface area contributed by atoms with E-state index in [1.54, 1.807) is 0 Å². The molecule has 0 aliphatic carbocycles. The summed E-state index contributed by atoms with van der Waals surface area (Å²) in [6.07, 6.45) is 0. The van der Waals surface area contributed by atoms with Gasteiger partial charge in [-0.25, -0.2) is 29.9 Å². The molecule has 8 heteroatoms. The SMILES string of the molecule is c1ccc(-c2nc(-c3ccccc3)nc(-c3ccc(-c4ccc5ccc6c(c5c4)c4ccccc4n6-c4cccc5ccccc45)cc3)n2)cc1.c1ccc(-c2nc(-c3ccccc3)nc(-c3cccc(-c4ccc5ccc6c(c5c4)c4ccccc4n6-c4cccc5ccccc45)c3)n2)cc1. The average molecular weight is 1300 g/mol. The molecule has 20 rings (SSSR count). The Balaban J connectivity index is 0.000000141. The standard InChI is InChI=1S/2C47H30N4/c1-3-14-33(15-4-1)45-48-46(34-16-5-2-6-17-34)50-47(49-45)37-20-11-19-35(29-37)36-26-25-32-27-28-43-44(40(32)30-36)39-22-9-10-23-42(39)51(43)41-24-12-18-31-13-7-8-21-38(31)41;1-3-13-34(14-4-1)45-48-46(35-15-5-2-6-16-35)50-47(49-45)36-25-22-31(23-26-36)37-27-24-33-28-29-43-44(40(33)30-37)39-19-9-10-20-42(39)51(43)41-21-11-17-32-12-7-8-18-38(32)41/h2*1-30H. The highest BCUT2D eigenvalue weighted by Gasteiger charge is 2.21. The van der Waals surface area contributed by atoms with Gasteiger partial charge in [-0.2, -0.15) is 0 Å². The molecule has 0 unspecified atom stereocenters. The van der Waals surface area contributed by atoms with Gasteiger partial charge < -0.3 is 9.13 Å². The summed E-state index contributed by atoms with van der Waals surface area (Å²) in [7, 11) is 0. The van der Waals surface area contributed by atoms with Crippen LogP contribution in [0.4, 0.5) is 0 Å². The zero-order chi connectivity index (χ0) is 67.5. The summed E-state index contributed by atoms with van der Waals surface area (Å²) < 4.78 is 4.85. The Bertz CT molecular complexity index is 6480. The van der Waals surface area contributed by atoms with Crippen LogP contribution in [0, 0.1) is 0 Å². The Morgan fingerprint density at radius 1 is 0.157 bits per heavy atom. The normalized spacial score (nSPS) is 11.5. The lowest BCUT2D eigenvalue weighted by Crippen LogP contribution is -2.00. The maximum atomic E-state index is 4.99. The number of rotatable bonds is 10. The second-order valence-electron chi connectivity index (χ2n) is 25.7. The largest absolute Gasteiger partial charge is 0.309 e. The minimum atomic E-state index is 0.644. The van der Waals surface area contributed by atoms with E-state index in [-0.39, 0.29) is 0 Å². The van der Waals surface area contributed by atoms with E-state index in [0.717, 1.165) is 55.6 Å². The van der Waals surface area contributed by atoms with Crippen molar-refractivity contribution >= 4 is 86.7 Å². The van der Waals surface area contributed by atoms with E-state index in [9.17, 15) is 0 Å². The second-order valence-corrected chi connectivity index (χ2v) is 25.7. The summed E-state index contributed by atoms with van der Waals surface area (Å²) in [5.74, 6) is 3.91. The first-order valence-corrected chi connectivity index (χ1v) is 34.4. The van der Waals surface area contributed by atoms with Crippen LogP contribution in [-0.2, 0) is 0 Å². The van der Waals surface area contributed by atoms with Crippen molar-refractivity contribution in [2.45, 2.75) is 0 Å². The van der Waals surface area contributed by atoms with Crippen LogP contribution in [0.25, 0.3) is 189 Å². The Hall–Kier alpha value is -13.8. The molecule has 0 radical (unpaired) electrons. The van der Waals surface area contributed by atoms with Gasteiger partial charge in [0.15, 0.2) is 34.9 Å². The monoisotopic (exact) mass is 1300 g/mol. The van der Waals surface area contributed by atoms with E-state index in [4.69, 9.17) is 29.9 Å². The molecule has 16 aromatic carbocycles. The first kappa shape index (κ1) is 59.4. The molecule has 102 heavy (non-hydrogen) atoms. The summed E-state index contributed by atoms with van der Waals surface area (Å²) in [6.45, 7) is 0. The molecule has 0 saturated carbocycles. The van der Waals surface area contributed by atoms with Gasteiger partial charge in [-0.15, -0.1) is 0 Å². The van der Waals surface area contributed by atoms with Crippen LogP contribution in [0.1, 0.15) is 0 Å². The Labute approximate surface area is 588 Å².